The van der Waals surface area contributed by atoms with Crippen LogP contribution in [0.3, 0.4) is 0 Å². The standard InChI is InChI=1S/C21H27N5O2/c1-17-4-6-19(28-2)18(16-17)5-7-20(27)22-10-11-25-12-14-26(15-13-25)21-23-8-3-9-24-21/h3-9,16H,10-15H2,1-2H3,(H,22,27)/b7-5+. The maximum absolute atomic E-state index is 12.1. The van der Waals surface area contributed by atoms with Crippen molar-refractivity contribution in [3.8, 4) is 5.75 Å². The largest absolute Gasteiger partial charge is 0.496 e. The average molecular weight is 381 g/mol. The van der Waals surface area contributed by atoms with Crippen LogP contribution in [-0.4, -0.2) is 67.2 Å². The van der Waals surface area contributed by atoms with Gasteiger partial charge in [0.05, 0.1) is 7.11 Å². The highest BCUT2D eigenvalue weighted by Gasteiger charge is 2.18. The van der Waals surface area contributed by atoms with Crippen molar-refractivity contribution < 1.29 is 9.53 Å². The van der Waals surface area contributed by atoms with Crippen molar-refractivity contribution in [3.05, 3.63) is 53.9 Å². The second-order valence-corrected chi connectivity index (χ2v) is 6.75. The predicted octanol–water partition coefficient (Wildman–Crippen LogP) is 1.75. The number of nitrogens with zero attached hydrogens (tertiary/aromatic N) is 4. The summed E-state index contributed by atoms with van der Waals surface area (Å²) in [6, 6.07) is 7.72. The van der Waals surface area contributed by atoms with Crippen LogP contribution in [0.15, 0.2) is 42.7 Å². The zero-order chi connectivity index (χ0) is 19.8. The summed E-state index contributed by atoms with van der Waals surface area (Å²) in [5.74, 6) is 1.45. The van der Waals surface area contributed by atoms with Gasteiger partial charge in [0, 0.05) is 63.3 Å². The van der Waals surface area contributed by atoms with Crippen molar-refractivity contribution in [1.29, 1.82) is 0 Å². The molecule has 28 heavy (non-hydrogen) atoms. The Bertz CT molecular complexity index is 802. The number of hydrogen-bond acceptors (Lipinski definition) is 6. The molecule has 1 aliphatic rings. The summed E-state index contributed by atoms with van der Waals surface area (Å²) >= 11 is 0. The molecule has 2 heterocycles. The highest BCUT2D eigenvalue weighted by atomic mass is 16.5. The Balaban J connectivity index is 1.40. The van der Waals surface area contributed by atoms with Crippen LogP contribution in [0.5, 0.6) is 5.75 Å². The van der Waals surface area contributed by atoms with Crippen LogP contribution in [0, 0.1) is 6.92 Å². The van der Waals surface area contributed by atoms with E-state index in [4.69, 9.17) is 4.74 Å². The second-order valence-electron chi connectivity index (χ2n) is 6.75. The molecule has 0 saturated carbocycles. The van der Waals surface area contributed by atoms with Crippen molar-refractivity contribution >= 4 is 17.9 Å². The van der Waals surface area contributed by atoms with E-state index in [1.54, 1.807) is 31.7 Å². The molecule has 148 valence electrons. The Kier molecular flexibility index (Phi) is 6.97. The van der Waals surface area contributed by atoms with E-state index in [0.717, 1.165) is 55.5 Å². The summed E-state index contributed by atoms with van der Waals surface area (Å²) in [5, 5.41) is 2.95. The summed E-state index contributed by atoms with van der Waals surface area (Å²) in [4.78, 5) is 25.2. The van der Waals surface area contributed by atoms with Gasteiger partial charge >= 0.3 is 0 Å². The average Bonchev–Trinajstić information content (AvgIpc) is 2.73. The van der Waals surface area contributed by atoms with Gasteiger partial charge in [-0.05, 0) is 31.2 Å². The lowest BCUT2D eigenvalue weighted by atomic mass is 10.1. The molecule has 2 aromatic rings. The van der Waals surface area contributed by atoms with E-state index in [1.165, 1.54) is 0 Å². The number of carbonyl (C=O) groups is 1. The van der Waals surface area contributed by atoms with E-state index in [2.05, 4.69) is 25.1 Å². The van der Waals surface area contributed by atoms with E-state index >= 15 is 0 Å². The van der Waals surface area contributed by atoms with Gasteiger partial charge in [0.1, 0.15) is 5.75 Å². The number of methoxy groups -OCH3 is 1. The van der Waals surface area contributed by atoms with Gasteiger partial charge in [-0.25, -0.2) is 9.97 Å². The van der Waals surface area contributed by atoms with E-state index in [-0.39, 0.29) is 5.91 Å². The van der Waals surface area contributed by atoms with Crippen LogP contribution in [0.25, 0.3) is 6.08 Å². The SMILES string of the molecule is COc1ccc(C)cc1/C=C/C(=O)NCCN1CCN(c2ncccn2)CC1. The van der Waals surface area contributed by atoms with Gasteiger partial charge in [-0.1, -0.05) is 11.6 Å². The molecule has 1 aliphatic heterocycles. The Morgan fingerprint density at radius 1 is 1.21 bits per heavy atom. The molecule has 1 N–H and O–H groups in total. The molecule has 0 aliphatic carbocycles. The fourth-order valence-electron chi connectivity index (χ4n) is 3.17. The number of aryl methyl sites for hydroxylation is 1. The summed E-state index contributed by atoms with van der Waals surface area (Å²) in [6.45, 7) is 7.12. The number of nitrogens with one attached hydrogen (secondary N) is 1. The number of ether oxygens (including phenoxy) is 1. The fraction of sp³-hybridized carbons (Fsp3) is 0.381. The molecule has 0 spiro atoms. The minimum Gasteiger partial charge on any atom is -0.496 e. The zero-order valence-corrected chi connectivity index (χ0v) is 16.5. The van der Waals surface area contributed by atoms with E-state index in [9.17, 15) is 4.79 Å². The van der Waals surface area contributed by atoms with E-state index in [1.807, 2.05) is 31.2 Å². The van der Waals surface area contributed by atoms with Crippen LogP contribution < -0.4 is 15.0 Å². The number of anilines is 1. The van der Waals surface area contributed by atoms with Crippen molar-refractivity contribution in [2.24, 2.45) is 0 Å². The van der Waals surface area contributed by atoms with E-state index < -0.39 is 0 Å². The molecule has 0 unspecified atom stereocenters. The highest BCUT2D eigenvalue weighted by molar-refractivity contribution is 5.92. The minimum atomic E-state index is -0.0973. The first kappa shape index (κ1) is 19.8. The first-order valence-corrected chi connectivity index (χ1v) is 9.50. The van der Waals surface area contributed by atoms with Gasteiger partial charge in [-0.15, -0.1) is 0 Å². The lowest BCUT2D eigenvalue weighted by Gasteiger charge is -2.34. The Morgan fingerprint density at radius 3 is 2.68 bits per heavy atom. The summed E-state index contributed by atoms with van der Waals surface area (Å²) < 4.78 is 5.33. The molecule has 1 aromatic carbocycles. The molecule has 1 amide bonds. The van der Waals surface area contributed by atoms with Gasteiger partial charge in [-0.3, -0.25) is 9.69 Å². The number of amides is 1. The first-order valence-electron chi connectivity index (χ1n) is 9.50. The molecule has 1 fully saturated rings. The van der Waals surface area contributed by atoms with Crippen molar-refractivity contribution in [1.82, 2.24) is 20.2 Å². The molecule has 1 aromatic heterocycles. The summed E-state index contributed by atoms with van der Waals surface area (Å²) in [5.41, 5.74) is 2.03. The number of carbonyl (C=O) groups excluding carboxylic acids is 1. The third-order valence-electron chi connectivity index (χ3n) is 4.73. The predicted molar refractivity (Wildman–Crippen MR) is 110 cm³/mol. The first-order chi connectivity index (χ1) is 13.7. The number of aromatic nitrogens is 2. The normalized spacial score (nSPS) is 15.0. The number of rotatable bonds is 7. The Labute approximate surface area is 166 Å². The Morgan fingerprint density at radius 2 is 1.96 bits per heavy atom. The third kappa shape index (κ3) is 5.53. The molecular formula is C21H27N5O2. The monoisotopic (exact) mass is 381 g/mol. The van der Waals surface area contributed by atoms with Gasteiger partial charge < -0.3 is 15.0 Å². The second kappa shape index (κ2) is 9.85. The quantitative estimate of drug-likeness (QED) is 0.737. The van der Waals surface area contributed by atoms with Crippen LogP contribution in [-0.2, 0) is 4.79 Å². The summed E-state index contributed by atoms with van der Waals surface area (Å²) in [6.07, 6.45) is 6.88. The molecule has 3 rings (SSSR count). The smallest absolute Gasteiger partial charge is 0.244 e. The Hall–Kier alpha value is -2.93. The molecule has 1 saturated heterocycles. The molecular weight excluding hydrogens is 354 g/mol. The van der Waals surface area contributed by atoms with E-state index in [0.29, 0.717) is 6.54 Å². The van der Waals surface area contributed by atoms with Crippen LogP contribution in [0.4, 0.5) is 5.95 Å². The van der Waals surface area contributed by atoms with Gasteiger partial charge in [0.25, 0.3) is 0 Å². The third-order valence-corrected chi connectivity index (χ3v) is 4.73. The number of benzene rings is 1. The molecule has 0 atom stereocenters. The molecule has 7 nitrogen and oxygen atoms in total. The van der Waals surface area contributed by atoms with Gasteiger partial charge in [0.2, 0.25) is 11.9 Å². The zero-order valence-electron chi connectivity index (χ0n) is 16.5. The van der Waals surface area contributed by atoms with Crippen molar-refractivity contribution in [2.75, 3.05) is 51.3 Å². The maximum atomic E-state index is 12.1. The fourth-order valence-corrected chi connectivity index (χ4v) is 3.17. The lowest BCUT2D eigenvalue weighted by Crippen LogP contribution is -2.48. The van der Waals surface area contributed by atoms with Crippen molar-refractivity contribution in [2.45, 2.75) is 6.92 Å². The molecule has 0 bridgehead atoms. The summed E-state index contributed by atoms with van der Waals surface area (Å²) in [7, 11) is 1.63. The lowest BCUT2D eigenvalue weighted by molar-refractivity contribution is -0.116. The van der Waals surface area contributed by atoms with Crippen molar-refractivity contribution in [3.63, 3.8) is 0 Å². The van der Waals surface area contributed by atoms with Crippen LogP contribution in [0.2, 0.25) is 0 Å². The van der Waals surface area contributed by atoms with Crippen LogP contribution >= 0.6 is 0 Å². The topological polar surface area (TPSA) is 70.6 Å². The highest BCUT2D eigenvalue weighted by Crippen LogP contribution is 2.20. The van der Waals surface area contributed by atoms with Gasteiger partial charge in [-0.2, -0.15) is 0 Å². The van der Waals surface area contributed by atoms with Crippen LogP contribution in [0.1, 0.15) is 11.1 Å². The molecule has 0 radical (unpaired) electrons. The minimum absolute atomic E-state index is 0.0973. The number of hydrogen-bond donors (Lipinski definition) is 1. The molecule has 7 heteroatoms. The number of piperazine rings is 1. The van der Waals surface area contributed by atoms with Gasteiger partial charge in [0.15, 0.2) is 0 Å². The maximum Gasteiger partial charge on any atom is 0.244 e.